The lowest BCUT2D eigenvalue weighted by molar-refractivity contribution is -0.385. The number of hydrogen-bond acceptors (Lipinski definition) is 7. The van der Waals surface area contributed by atoms with E-state index in [9.17, 15) is 10.1 Å². The predicted molar refractivity (Wildman–Crippen MR) is 67.9 cm³/mol. The second-order valence-electron chi connectivity index (χ2n) is 3.74. The number of nitro groups is 1. The van der Waals surface area contributed by atoms with Crippen molar-refractivity contribution < 1.29 is 10.0 Å². The summed E-state index contributed by atoms with van der Waals surface area (Å²) in [6, 6.07) is 0. The molecule has 1 heterocycles. The molecular formula is C10H17N5O3. The third-order valence-corrected chi connectivity index (χ3v) is 2.35. The molecule has 100 valence electrons. The Morgan fingerprint density at radius 2 is 2.17 bits per heavy atom. The maximum absolute atomic E-state index is 11.0. The summed E-state index contributed by atoms with van der Waals surface area (Å²) in [5, 5.41) is 22.9. The number of likely N-dealkylation sites (N-methyl/N-ethyl adjacent to an activating group) is 1. The molecule has 1 rings (SSSR count). The van der Waals surface area contributed by atoms with Gasteiger partial charge < -0.3 is 15.3 Å². The number of aliphatic hydroxyl groups excluding tert-OH is 1. The van der Waals surface area contributed by atoms with Gasteiger partial charge in [0.2, 0.25) is 11.8 Å². The van der Waals surface area contributed by atoms with Gasteiger partial charge in [-0.1, -0.05) is 0 Å². The molecule has 0 aliphatic carbocycles. The minimum atomic E-state index is -0.506. The number of aliphatic hydroxyl groups is 1. The molecule has 1 aromatic rings. The van der Waals surface area contributed by atoms with Gasteiger partial charge in [0.25, 0.3) is 0 Å². The molecule has 8 nitrogen and oxygen atoms in total. The highest BCUT2D eigenvalue weighted by atomic mass is 16.6. The van der Waals surface area contributed by atoms with E-state index in [1.165, 1.54) is 4.90 Å². The van der Waals surface area contributed by atoms with Crippen molar-refractivity contribution in [3.8, 4) is 0 Å². The van der Waals surface area contributed by atoms with Crippen LogP contribution < -0.4 is 10.2 Å². The quantitative estimate of drug-likeness (QED) is 0.565. The normalized spacial score (nSPS) is 10.2. The minimum Gasteiger partial charge on any atom is -0.395 e. The fourth-order valence-corrected chi connectivity index (χ4v) is 1.52. The highest BCUT2D eigenvalue weighted by molar-refractivity contribution is 5.62. The van der Waals surface area contributed by atoms with Gasteiger partial charge in [0, 0.05) is 20.1 Å². The Morgan fingerprint density at radius 3 is 2.67 bits per heavy atom. The second-order valence-corrected chi connectivity index (χ2v) is 3.74. The fourth-order valence-electron chi connectivity index (χ4n) is 1.52. The van der Waals surface area contributed by atoms with Crippen LogP contribution in [0.1, 0.15) is 12.6 Å². The highest BCUT2D eigenvalue weighted by Gasteiger charge is 2.24. The maximum Gasteiger partial charge on any atom is 0.332 e. The fraction of sp³-hybridized carbons (Fsp3) is 0.600. The standard InChI is InChI=1S/C10H17N5O3/c1-4-11-10-12-7(2)8(15(17)18)9(13-10)14(3)5-6-16/h16H,4-6H2,1-3H3,(H,11,12,13). The van der Waals surface area contributed by atoms with Crippen molar-refractivity contribution in [3.63, 3.8) is 0 Å². The van der Waals surface area contributed by atoms with Gasteiger partial charge in [-0.2, -0.15) is 4.98 Å². The second kappa shape index (κ2) is 6.10. The molecule has 0 aliphatic rings. The van der Waals surface area contributed by atoms with Gasteiger partial charge >= 0.3 is 5.69 Å². The van der Waals surface area contributed by atoms with Gasteiger partial charge in [0.1, 0.15) is 5.69 Å². The molecule has 1 aromatic heterocycles. The van der Waals surface area contributed by atoms with Crippen molar-refractivity contribution in [1.29, 1.82) is 0 Å². The van der Waals surface area contributed by atoms with Crippen molar-refractivity contribution in [2.75, 3.05) is 37.0 Å². The third-order valence-electron chi connectivity index (χ3n) is 2.35. The van der Waals surface area contributed by atoms with Crippen LogP contribution in [0.2, 0.25) is 0 Å². The van der Waals surface area contributed by atoms with Crippen molar-refractivity contribution in [1.82, 2.24) is 9.97 Å². The lowest BCUT2D eigenvalue weighted by Crippen LogP contribution is -2.24. The zero-order valence-corrected chi connectivity index (χ0v) is 10.7. The number of anilines is 2. The van der Waals surface area contributed by atoms with Crippen LogP contribution in [0, 0.1) is 17.0 Å². The van der Waals surface area contributed by atoms with E-state index < -0.39 is 4.92 Å². The van der Waals surface area contributed by atoms with E-state index in [1.807, 2.05) is 6.92 Å². The van der Waals surface area contributed by atoms with Gasteiger partial charge in [0.05, 0.1) is 11.5 Å². The van der Waals surface area contributed by atoms with Crippen LogP contribution in [0.4, 0.5) is 17.5 Å². The first-order valence-electron chi connectivity index (χ1n) is 5.60. The Morgan fingerprint density at radius 1 is 1.50 bits per heavy atom. The molecule has 18 heavy (non-hydrogen) atoms. The first-order valence-corrected chi connectivity index (χ1v) is 5.60. The smallest absolute Gasteiger partial charge is 0.332 e. The molecule has 0 saturated carbocycles. The summed E-state index contributed by atoms with van der Waals surface area (Å²) in [6.07, 6.45) is 0. The molecule has 0 aliphatic heterocycles. The number of nitrogens with one attached hydrogen (secondary N) is 1. The minimum absolute atomic E-state index is 0.104. The highest BCUT2D eigenvalue weighted by Crippen LogP contribution is 2.28. The van der Waals surface area contributed by atoms with Gasteiger partial charge in [-0.15, -0.1) is 0 Å². The lowest BCUT2D eigenvalue weighted by atomic mass is 10.3. The van der Waals surface area contributed by atoms with Gasteiger partial charge in [-0.05, 0) is 13.8 Å². The van der Waals surface area contributed by atoms with E-state index in [1.54, 1.807) is 14.0 Å². The average Bonchev–Trinajstić information content (AvgIpc) is 2.28. The first kappa shape index (κ1) is 14.1. The molecule has 0 amide bonds. The average molecular weight is 255 g/mol. The summed E-state index contributed by atoms with van der Waals surface area (Å²) in [4.78, 5) is 20.2. The van der Waals surface area contributed by atoms with E-state index in [-0.39, 0.29) is 24.7 Å². The van der Waals surface area contributed by atoms with Crippen LogP contribution in [0.25, 0.3) is 0 Å². The monoisotopic (exact) mass is 255 g/mol. The first-order chi connectivity index (χ1) is 8.51. The number of aryl methyl sites for hydroxylation is 1. The summed E-state index contributed by atoms with van der Waals surface area (Å²) in [5.41, 5.74) is 0.165. The third kappa shape index (κ3) is 3.04. The van der Waals surface area contributed by atoms with Crippen molar-refractivity contribution in [2.45, 2.75) is 13.8 Å². The topological polar surface area (TPSA) is 104 Å². The maximum atomic E-state index is 11.0. The molecule has 0 spiro atoms. The van der Waals surface area contributed by atoms with Gasteiger partial charge in [-0.25, -0.2) is 4.98 Å². The number of aromatic nitrogens is 2. The molecule has 0 aromatic carbocycles. The Hall–Kier alpha value is -1.96. The molecule has 0 unspecified atom stereocenters. The zero-order chi connectivity index (χ0) is 13.7. The molecule has 0 radical (unpaired) electrons. The summed E-state index contributed by atoms with van der Waals surface area (Å²) in [6.45, 7) is 4.24. The van der Waals surface area contributed by atoms with E-state index >= 15 is 0 Å². The largest absolute Gasteiger partial charge is 0.395 e. The van der Waals surface area contributed by atoms with Crippen molar-refractivity contribution in [2.24, 2.45) is 0 Å². The molecule has 0 saturated heterocycles. The summed E-state index contributed by atoms with van der Waals surface area (Å²) < 4.78 is 0. The number of rotatable bonds is 6. The lowest BCUT2D eigenvalue weighted by Gasteiger charge is -2.18. The Labute approximate surface area is 105 Å². The van der Waals surface area contributed by atoms with Gasteiger partial charge in [-0.3, -0.25) is 10.1 Å². The zero-order valence-electron chi connectivity index (χ0n) is 10.7. The molecular weight excluding hydrogens is 238 g/mol. The molecule has 2 N–H and O–H groups in total. The molecule has 0 atom stereocenters. The van der Waals surface area contributed by atoms with Crippen LogP contribution in [-0.4, -0.2) is 46.7 Å². The Balaban J connectivity index is 3.28. The van der Waals surface area contributed by atoms with E-state index in [2.05, 4.69) is 15.3 Å². The van der Waals surface area contributed by atoms with Crippen LogP contribution in [0.5, 0.6) is 0 Å². The number of nitrogens with zero attached hydrogens (tertiary/aromatic N) is 4. The van der Waals surface area contributed by atoms with Gasteiger partial charge in [0.15, 0.2) is 0 Å². The van der Waals surface area contributed by atoms with Crippen LogP contribution >= 0.6 is 0 Å². The predicted octanol–water partition coefficient (Wildman–Crippen LogP) is 0.554. The van der Waals surface area contributed by atoms with E-state index in [4.69, 9.17) is 5.11 Å². The van der Waals surface area contributed by atoms with Crippen molar-refractivity contribution in [3.05, 3.63) is 15.8 Å². The molecule has 0 bridgehead atoms. The van der Waals surface area contributed by atoms with E-state index in [0.29, 0.717) is 18.2 Å². The molecule has 8 heteroatoms. The number of hydrogen-bond donors (Lipinski definition) is 2. The van der Waals surface area contributed by atoms with E-state index in [0.717, 1.165) is 0 Å². The summed E-state index contributed by atoms with van der Waals surface area (Å²) in [5.74, 6) is 0.554. The Bertz CT molecular complexity index is 438. The Kier molecular flexibility index (Phi) is 4.78. The summed E-state index contributed by atoms with van der Waals surface area (Å²) >= 11 is 0. The van der Waals surface area contributed by atoms with Crippen molar-refractivity contribution >= 4 is 17.5 Å². The van der Waals surface area contributed by atoms with Crippen LogP contribution in [0.15, 0.2) is 0 Å². The summed E-state index contributed by atoms with van der Waals surface area (Å²) in [7, 11) is 1.64. The molecule has 0 fully saturated rings. The van der Waals surface area contributed by atoms with Crippen LogP contribution in [0.3, 0.4) is 0 Å². The van der Waals surface area contributed by atoms with Crippen LogP contribution in [-0.2, 0) is 0 Å². The SMILES string of the molecule is CCNc1nc(C)c([N+](=O)[O-])c(N(C)CCO)n1.